The molecular weight excluding hydrogens is 257 g/mol. The van der Waals surface area contributed by atoms with Gasteiger partial charge in [0.25, 0.3) is 0 Å². The third kappa shape index (κ3) is 2.29. The lowest BCUT2D eigenvalue weighted by atomic mass is 10.1. The van der Waals surface area contributed by atoms with Crippen molar-refractivity contribution < 1.29 is 14.2 Å². The zero-order chi connectivity index (χ0) is 14.1. The molecule has 0 fully saturated rings. The Bertz CT molecular complexity index is 642. The highest BCUT2D eigenvalue weighted by atomic mass is 19.1. The fraction of sp³-hybridized carbons (Fsp3) is 0.250. The minimum absolute atomic E-state index is 0.143. The van der Waals surface area contributed by atoms with Gasteiger partial charge in [0, 0.05) is 11.8 Å². The summed E-state index contributed by atoms with van der Waals surface area (Å²) in [5.74, 6) is -0.114. The first-order valence-electron chi connectivity index (χ1n) is 6.59. The van der Waals surface area contributed by atoms with Crippen molar-refractivity contribution in [3.8, 4) is 11.5 Å². The van der Waals surface area contributed by atoms with Gasteiger partial charge < -0.3 is 15.2 Å². The number of fused-ring (bicyclic) bond motifs is 1. The molecule has 1 aliphatic carbocycles. The highest BCUT2D eigenvalue weighted by Crippen LogP contribution is 2.36. The van der Waals surface area contributed by atoms with Crippen molar-refractivity contribution >= 4 is 5.69 Å². The van der Waals surface area contributed by atoms with Crippen molar-refractivity contribution in [1.82, 2.24) is 0 Å². The van der Waals surface area contributed by atoms with E-state index in [0.29, 0.717) is 5.69 Å². The average molecular weight is 273 g/mol. The smallest absolute Gasteiger partial charge is 0.166 e. The van der Waals surface area contributed by atoms with E-state index in [1.165, 1.54) is 23.3 Å². The Morgan fingerprint density at radius 2 is 2.10 bits per heavy atom. The first kappa shape index (κ1) is 12.8. The van der Waals surface area contributed by atoms with Gasteiger partial charge in [0.05, 0.1) is 13.2 Å². The standard InChI is InChI=1S/C16H16FNO2/c1-20-12-5-2-10-3-6-15(13(10)9-12)18-11-4-7-16(19)14(17)8-11/h2,4-5,7-9,15,18-19H,3,6H2,1H3. The van der Waals surface area contributed by atoms with E-state index < -0.39 is 5.82 Å². The van der Waals surface area contributed by atoms with Gasteiger partial charge in [-0.3, -0.25) is 0 Å². The molecule has 0 aliphatic heterocycles. The number of phenolic OH excluding ortho intramolecular Hbond substituents is 1. The maximum atomic E-state index is 13.4. The van der Waals surface area contributed by atoms with Crippen LogP contribution in [0.4, 0.5) is 10.1 Å². The summed E-state index contributed by atoms with van der Waals surface area (Å²) >= 11 is 0. The molecule has 104 valence electrons. The number of nitrogens with one attached hydrogen (secondary N) is 1. The minimum Gasteiger partial charge on any atom is -0.505 e. The van der Waals surface area contributed by atoms with Crippen molar-refractivity contribution in [3.63, 3.8) is 0 Å². The van der Waals surface area contributed by atoms with E-state index in [-0.39, 0.29) is 11.8 Å². The Labute approximate surface area is 117 Å². The number of methoxy groups -OCH3 is 1. The molecule has 0 radical (unpaired) electrons. The fourth-order valence-electron chi connectivity index (χ4n) is 2.66. The second-order valence-electron chi connectivity index (χ2n) is 4.97. The van der Waals surface area contributed by atoms with Gasteiger partial charge in [0.2, 0.25) is 0 Å². The lowest BCUT2D eigenvalue weighted by Crippen LogP contribution is -2.07. The second kappa shape index (κ2) is 5.04. The maximum Gasteiger partial charge on any atom is 0.166 e. The van der Waals surface area contributed by atoms with Crippen LogP contribution in [0.3, 0.4) is 0 Å². The van der Waals surface area contributed by atoms with E-state index in [9.17, 15) is 9.50 Å². The van der Waals surface area contributed by atoms with Crippen molar-refractivity contribution in [1.29, 1.82) is 0 Å². The number of benzene rings is 2. The molecule has 3 nitrogen and oxygen atoms in total. The van der Waals surface area contributed by atoms with Crippen molar-refractivity contribution in [2.24, 2.45) is 0 Å². The van der Waals surface area contributed by atoms with E-state index in [0.717, 1.165) is 18.6 Å². The van der Waals surface area contributed by atoms with Crippen LogP contribution in [0.1, 0.15) is 23.6 Å². The molecule has 1 aliphatic rings. The number of aromatic hydroxyl groups is 1. The number of ether oxygens (including phenoxy) is 1. The highest BCUT2D eigenvalue weighted by Gasteiger charge is 2.23. The Hall–Kier alpha value is -2.23. The zero-order valence-electron chi connectivity index (χ0n) is 11.2. The maximum absolute atomic E-state index is 13.4. The first-order chi connectivity index (χ1) is 9.67. The van der Waals surface area contributed by atoms with Crippen LogP contribution in [0.5, 0.6) is 11.5 Å². The molecule has 20 heavy (non-hydrogen) atoms. The summed E-state index contributed by atoms with van der Waals surface area (Å²) in [4.78, 5) is 0. The molecule has 2 N–H and O–H groups in total. The zero-order valence-corrected chi connectivity index (χ0v) is 11.2. The van der Waals surface area contributed by atoms with E-state index in [4.69, 9.17) is 4.74 Å². The predicted octanol–water partition coefficient (Wildman–Crippen LogP) is 3.64. The molecule has 2 aromatic rings. The van der Waals surface area contributed by atoms with E-state index in [1.54, 1.807) is 13.2 Å². The van der Waals surface area contributed by atoms with Crippen LogP contribution >= 0.6 is 0 Å². The summed E-state index contributed by atoms with van der Waals surface area (Å²) in [5.41, 5.74) is 3.15. The lowest BCUT2D eigenvalue weighted by Gasteiger charge is -2.16. The highest BCUT2D eigenvalue weighted by molar-refractivity contribution is 5.51. The van der Waals surface area contributed by atoms with Gasteiger partial charge in [-0.1, -0.05) is 6.07 Å². The summed E-state index contributed by atoms with van der Waals surface area (Å²) < 4.78 is 18.6. The summed E-state index contributed by atoms with van der Waals surface area (Å²) in [6.07, 6.45) is 1.96. The third-order valence-corrected chi connectivity index (χ3v) is 3.72. The topological polar surface area (TPSA) is 41.5 Å². The molecule has 3 rings (SSSR count). The Morgan fingerprint density at radius 1 is 1.25 bits per heavy atom. The molecular formula is C16H16FNO2. The number of anilines is 1. The molecule has 0 saturated carbocycles. The van der Waals surface area contributed by atoms with Crippen molar-refractivity contribution in [3.05, 3.63) is 53.3 Å². The summed E-state index contributed by atoms with van der Waals surface area (Å²) in [5, 5.41) is 12.5. The van der Waals surface area contributed by atoms with E-state index in [2.05, 4.69) is 11.4 Å². The van der Waals surface area contributed by atoms with Gasteiger partial charge in [-0.2, -0.15) is 0 Å². The second-order valence-corrected chi connectivity index (χ2v) is 4.97. The van der Waals surface area contributed by atoms with Crippen LogP contribution in [0.2, 0.25) is 0 Å². The van der Waals surface area contributed by atoms with Crippen LogP contribution in [0.15, 0.2) is 36.4 Å². The molecule has 1 atom stereocenters. The number of rotatable bonds is 3. The predicted molar refractivity (Wildman–Crippen MR) is 75.7 cm³/mol. The van der Waals surface area contributed by atoms with Gasteiger partial charge in [-0.25, -0.2) is 4.39 Å². The Kier molecular flexibility index (Phi) is 3.22. The molecule has 0 spiro atoms. The fourth-order valence-corrected chi connectivity index (χ4v) is 2.66. The van der Waals surface area contributed by atoms with E-state index in [1.807, 2.05) is 12.1 Å². The SMILES string of the molecule is COc1ccc2c(c1)C(Nc1ccc(O)c(F)c1)CC2. The van der Waals surface area contributed by atoms with Gasteiger partial charge in [-0.15, -0.1) is 0 Å². The number of aryl methyl sites for hydroxylation is 1. The van der Waals surface area contributed by atoms with Gasteiger partial charge in [-0.05, 0) is 48.2 Å². The summed E-state index contributed by atoms with van der Waals surface area (Å²) in [6, 6.07) is 10.6. The van der Waals surface area contributed by atoms with Crippen molar-refractivity contribution in [2.45, 2.75) is 18.9 Å². The number of hydrogen-bond donors (Lipinski definition) is 2. The normalized spacial score (nSPS) is 16.8. The molecule has 4 heteroatoms. The van der Waals surface area contributed by atoms with Crippen LogP contribution in [0, 0.1) is 5.82 Å². The van der Waals surface area contributed by atoms with Crippen LogP contribution in [0.25, 0.3) is 0 Å². The van der Waals surface area contributed by atoms with Crippen molar-refractivity contribution in [2.75, 3.05) is 12.4 Å². The van der Waals surface area contributed by atoms with Gasteiger partial charge in [0.1, 0.15) is 5.75 Å². The summed E-state index contributed by atoms with van der Waals surface area (Å²) in [6.45, 7) is 0. The Morgan fingerprint density at radius 3 is 2.85 bits per heavy atom. The van der Waals surface area contributed by atoms with Crippen LogP contribution in [-0.2, 0) is 6.42 Å². The number of phenols is 1. The third-order valence-electron chi connectivity index (χ3n) is 3.72. The molecule has 0 aromatic heterocycles. The van der Waals surface area contributed by atoms with Gasteiger partial charge >= 0.3 is 0 Å². The first-order valence-corrected chi connectivity index (χ1v) is 6.59. The quantitative estimate of drug-likeness (QED) is 0.839. The lowest BCUT2D eigenvalue weighted by molar-refractivity contribution is 0.414. The molecule has 0 amide bonds. The molecule has 0 bridgehead atoms. The van der Waals surface area contributed by atoms with Crippen LogP contribution in [-0.4, -0.2) is 12.2 Å². The minimum atomic E-state index is -0.612. The Balaban J connectivity index is 1.85. The summed E-state index contributed by atoms with van der Waals surface area (Å²) in [7, 11) is 1.65. The monoisotopic (exact) mass is 273 g/mol. The van der Waals surface area contributed by atoms with Gasteiger partial charge in [0.15, 0.2) is 11.6 Å². The number of halogens is 1. The molecule has 0 heterocycles. The largest absolute Gasteiger partial charge is 0.505 e. The van der Waals surface area contributed by atoms with Crippen LogP contribution < -0.4 is 10.1 Å². The molecule has 0 saturated heterocycles. The van der Waals surface area contributed by atoms with E-state index >= 15 is 0 Å². The molecule has 2 aromatic carbocycles. The average Bonchev–Trinajstić information content (AvgIpc) is 2.85. The number of hydrogen-bond acceptors (Lipinski definition) is 3. The molecule has 1 unspecified atom stereocenters.